The minimum Gasteiger partial charge on any atom is -0.309 e. The van der Waals surface area contributed by atoms with E-state index < -0.39 is 35.7 Å². The van der Waals surface area contributed by atoms with Crippen LogP contribution in [0.5, 0.6) is 0 Å². The van der Waals surface area contributed by atoms with Crippen LogP contribution < -0.4 is 10.9 Å². The highest BCUT2D eigenvalue weighted by Gasteiger charge is 2.33. The van der Waals surface area contributed by atoms with Crippen molar-refractivity contribution in [2.24, 2.45) is 0 Å². The maximum Gasteiger partial charge on any atom is 0.433 e. The van der Waals surface area contributed by atoms with Gasteiger partial charge in [-0.3, -0.25) is 9.59 Å². The molecule has 1 amide bonds. The van der Waals surface area contributed by atoms with Crippen molar-refractivity contribution in [3.05, 3.63) is 64.1 Å². The molecule has 0 saturated heterocycles. The summed E-state index contributed by atoms with van der Waals surface area (Å²) < 4.78 is 55.1. The first-order chi connectivity index (χ1) is 15.0. The molecule has 0 fully saturated rings. The number of rotatable bonds is 4. The summed E-state index contributed by atoms with van der Waals surface area (Å²) in [7, 11) is 0. The fourth-order valence-corrected chi connectivity index (χ4v) is 3.15. The molecular weight excluding hydrogens is 432 g/mol. The number of alkyl halides is 3. The molecule has 1 N–H and O–H groups in total. The summed E-state index contributed by atoms with van der Waals surface area (Å²) >= 11 is 0. The highest BCUT2D eigenvalue weighted by Crippen LogP contribution is 2.29. The Morgan fingerprint density at radius 1 is 1.19 bits per heavy atom. The largest absolute Gasteiger partial charge is 0.433 e. The monoisotopic (exact) mass is 448 g/mol. The van der Waals surface area contributed by atoms with Gasteiger partial charge >= 0.3 is 6.18 Å². The number of hydrogen-bond acceptors (Lipinski definition) is 5. The lowest BCUT2D eigenvalue weighted by atomic mass is 10.1. The van der Waals surface area contributed by atoms with Crippen LogP contribution in [-0.4, -0.2) is 30.1 Å². The highest BCUT2D eigenvalue weighted by atomic mass is 19.4. The van der Waals surface area contributed by atoms with Crippen LogP contribution in [0.15, 0.2) is 41.3 Å². The number of aromatic nitrogens is 5. The number of nitrogens with one attached hydrogen (secondary N) is 1. The molecule has 0 saturated carbocycles. The number of anilines is 1. The summed E-state index contributed by atoms with van der Waals surface area (Å²) in [4.78, 5) is 32.9. The third-order valence-electron chi connectivity index (χ3n) is 4.72. The third kappa shape index (κ3) is 3.90. The quantitative estimate of drug-likeness (QED) is 0.483. The fourth-order valence-electron chi connectivity index (χ4n) is 3.15. The predicted molar refractivity (Wildman–Crippen MR) is 107 cm³/mol. The second-order valence-corrected chi connectivity index (χ2v) is 7.36. The Bertz CT molecular complexity index is 1390. The van der Waals surface area contributed by atoms with Crippen molar-refractivity contribution in [1.29, 1.82) is 0 Å². The van der Waals surface area contributed by atoms with Gasteiger partial charge in [0.05, 0.1) is 17.3 Å². The van der Waals surface area contributed by atoms with Crippen LogP contribution in [0.3, 0.4) is 0 Å². The zero-order valence-corrected chi connectivity index (χ0v) is 16.8. The molecule has 0 aliphatic carbocycles. The molecule has 12 heteroatoms. The standard InChI is InChI=1S/C20H16F4N6O2/c1-10(2)13-7-17-29(9-16(31)27-15-6-3-11(21)8-25-15)18-12(19(32)30(17)28-13)4-5-14(26-18)20(22,23)24/h3-8,10H,9H2,1-2H3,(H,25,27,31). The molecule has 4 rings (SSSR count). The summed E-state index contributed by atoms with van der Waals surface area (Å²) in [5.41, 5.74) is -1.54. The van der Waals surface area contributed by atoms with Gasteiger partial charge in [-0.05, 0) is 30.2 Å². The molecule has 4 aromatic rings. The Labute approximate surface area is 177 Å². The average molecular weight is 448 g/mol. The van der Waals surface area contributed by atoms with E-state index in [1.807, 2.05) is 13.8 Å². The maximum absolute atomic E-state index is 13.3. The van der Waals surface area contributed by atoms with E-state index in [1.165, 1.54) is 16.7 Å². The molecule has 8 nitrogen and oxygen atoms in total. The number of carbonyl (C=O) groups is 1. The summed E-state index contributed by atoms with van der Waals surface area (Å²) in [6, 6.07) is 5.58. The molecule has 0 aliphatic heterocycles. The van der Waals surface area contributed by atoms with Crippen molar-refractivity contribution in [2.75, 3.05) is 5.32 Å². The van der Waals surface area contributed by atoms with E-state index in [0.717, 1.165) is 22.8 Å². The summed E-state index contributed by atoms with van der Waals surface area (Å²) in [5, 5.41) is 6.55. The van der Waals surface area contributed by atoms with Gasteiger partial charge in [-0.2, -0.15) is 22.8 Å². The minimum absolute atomic E-state index is 0.0538. The molecule has 4 heterocycles. The van der Waals surface area contributed by atoms with Crippen LogP contribution in [0.4, 0.5) is 23.4 Å². The lowest BCUT2D eigenvalue weighted by molar-refractivity contribution is -0.141. The predicted octanol–water partition coefficient (Wildman–Crippen LogP) is 3.36. The van der Waals surface area contributed by atoms with Crippen LogP contribution in [-0.2, 0) is 17.5 Å². The minimum atomic E-state index is -4.75. The second kappa shape index (κ2) is 7.70. The number of nitrogens with zero attached hydrogens (tertiary/aromatic N) is 5. The number of hydrogen-bond donors (Lipinski definition) is 1. The van der Waals surface area contributed by atoms with E-state index in [4.69, 9.17) is 0 Å². The first-order valence-electron chi connectivity index (χ1n) is 9.46. The van der Waals surface area contributed by atoms with E-state index in [0.29, 0.717) is 11.8 Å². The van der Waals surface area contributed by atoms with Gasteiger partial charge in [-0.15, -0.1) is 0 Å². The van der Waals surface area contributed by atoms with Gasteiger partial charge < -0.3 is 9.88 Å². The summed E-state index contributed by atoms with van der Waals surface area (Å²) in [5.74, 6) is -1.29. The number of fused-ring (bicyclic) bond motifs is 2. The van der Waals surface area contributed by atoms with E-state index in [2.05, 4.69) is 20.4 Å². The Morgan fingerprint density at radius 2 is 1.94 bits per heavy atom. The topological polar surface area (TPSA) is 94.2 Å². The number of carbonyl (C=O) groups excluding carboxylic acids is 1. The van der Waals surface area contributed by atoms with Crippen LogP contribution in [0.2, 0.25) is 0 Å². The van der Waals surface area contributed by atoms with Crippen LogP contribution in [0, 0.1) is 5.82 Å². The van der Waals surface area contributed by atoms with Gasteiger partial charge in [-0.1, -0.05) is 13.8 Å². The second-order valence-electron chi connectivity index (χ2n) is 7.36. The van der Waals surface area contributed by atoms with Gasteiger partial charge in [0.15, 0.2) is 0 Å². The number of amides is 1. The first-order valence-corrected chi connectivity index (χ1v) is 9.46. The van der Waals surface area contributed by atoms with Gasteiger partial charge in [0.2, 0.25) is 5.91 Å². The highest BCUT2D eigenvalue weighted by molar-refractivity contribution is 5.91. The van der Waals surface area contributed by atoms with Crippen molar-refractivity contribution in [3.8, 4) is 0 Å². The molecule has 0 bridgehead atoms. The van der Waals surface area contributed by atoms with Crippen molar-refractivity contribution < 1.29 is 22.4 Å². The lowest BCUT2D eigenvalue weighted by Gasteiger charge is -2.14. The van der Waals surface area contributed by atoms with Crippen LogP contribution in [0.1, 0.15) is 31.2 Å². The molecule has 0 atom stereocenters. The van der Waals surface area contributed by atoms with Gasteiger partial charge in [-0.25, -0.2) is 14.4 Å². The van der Waals surface area contributed by atoms with Crippen LogP contribution >= 0.6 is 0 Å². The molecule has 0 aromatic carbocycles. The Morgan fingerprint density at radius 3 is 2.56 bits per heavy atom. The number of halogens is 4. The molecule has 0 radical (unpaired) electrons. The molecular formula is C20H16F4N6O2. The molecule has 32 heavy (non-hydrogen) atoms. The van der Waals surface area contributed by atoms with E-state index in [-0.39, 0.29) is 28.4 Å². The molecule has 0 unspecified atom stereocenters. The van der Waals surface area contributed by atoms with Gasteiger partial charge in [0.1, 0.15) is 35.2 Å². The summed E-state index contributed by atoms with van der Waals surface area (Å²) in [6.45, 7) is 3.18. The fraction of sp³-hybridized carbons (Fsp3) is 0.250. The molecule has 0 aliphatic rings. The molecule has 0 spiro atoms. The van der Waals surface area contributed by atoms with Crippen molar-refractivity contribution in [2.45, 2.75) is 32.5 Å². The maximum atomic E-state index is 13.3. The Balaban J connectivity index is 1.89. The van der Waals surface area contributed by atoms with Gasteiger partial charge in [0, 0.05) is 6.07 Å². The molecule has 166 valence electrons. The van der Waals surface area contributed by atoms with E-state index in [9.17, 15) is 27.2 Å². The smallest absolute Gasteiger partial charge is 0.309 e. The first kappa shape index (κ1) is 21.4. The lowest BCUT2D eigenvalue weighted by Crippen LogP contribution is -2.26. The van der Waals surface area contributed by atoms with E-state index in [1.54, 1.807) is 0 Å². The Hall–Kier alpha value is -3.83. The third-order valence-corrected chi connectivity index (χ3v) is 4.72. The zero-order valence-electron chi connectivity index (χ0n) is 16.8. The van der Waals surface area contributed by atoms with Crippen molar-refractivity contribution in [3.63, 3.8) is 0 Å². The van der Waals surface area contributed by atoms with Crippen molar-refractivity contribution in [1.82, 2.24) is 24.1 Å². The van der Waals surface area contributed by atoms with E-state index >= 15 is 0 Å². The van der Waals surface area contributed by atoms with Crippen molar-refractivity contribution >= 4 is 28.4 Å². The normalized spacial score (nSPS) is 12.1. The zero-order chi connectivity index (χ0) is 23.2. The summed E-state index contributed by atoms with van der Waals surface area (Å²) in [6.07, 6.45) is -3.84. The average Bonchev–Trinajstić information content (AvgIpc) is 3.18. The Kier molecular flexibility index (Phi) is 5.15. The molecule has 4 aromatic heterocycles. The number of pyridine rings is 2. The van der Waals surface area contributed by atoms with Gasteiger partial charge in [0.25, 0.3) is 5.56 Å². The van der Waals surface area contributed by atoms with Crippen LogP contribution in [0.25, 0.3) is 16.7 Å². The SMILES string of the molecule is CC(C)c1cc2n(CC(=O)Nc3ccc(F)cn3)c3nc(C(F)(F)F)ccc3c(=O)n2n1.